The van der Waals surface area contributed by atoms with Gasteiger partial charge in [0.15, 0.2) is 5.96 Å². The van der Waals surface area contributed by atoms with Crippen molar-refractivity contribution in [3.63, 3.8) is 0 Å². The van der Waals surface area contributed by atoms with Crippen molar-refractivity contribution in [1.82, 2.24) is 15.5 Å². The van der Waals surface area contributed by atoms with Crippen LogP contribution in [0.2, 0.25) is 0 Å². The molecule has 4 nitrogen and oxygen atoms in total. The van der Waals surface area contributed by atoms with Gasteiger partial charge >= 0.3 is 0 Å². The van der Waals surface area contributed by atoms with Crippen molar-refractivity contribution in [3.8, 4) is 0 Å². The second-order valence-corrected chi connectivity index (χ2v) is 5.70. The second-order valence-electron chi connectivity index (χ2n) is 5.70. The summed E-state index contributed by atoms with van der Waals surface area (Å²) in [5.41, 5.74) is 0.118. The molecule has 0 amide bonds. The molecule has 0 saturated carbocycles. The molecular weight excluding hydrogens is 224 g/mol. The van der Waals surface area contributed by atoms with Gasteiger partial charge in [-0.25, -0.2) is 0 Å². The molecule has 0 unspecified atom stereocenters. The highest BCUT2D eigenvalue weighted by Gasteiger charge is 2.20. The minimum atomic E-state index is 0.118. The van der Waals surface area contributed by atoms with E-state index in [1.54, 1.807) is 0 Å². The van der Waals surface area contributed by atoms with Gasteiger partial charge in [0, 0.05) is 25.7 Å². The van der Waals surface area contributed by atoms with Crippen LogP contribution in [-0.2, 0) is 0 Å². The molecule has 0 aromatic carbocycles. The predicted octanol–water partition coefficient (Wildman–Crippen LogP) is 1.93. The number of aliphatic imine (C=N–C) groups is 1. The van der Waals surface area contributed by atoms with Crippen molar-refractivity contribution in [2.24, 2.45) is 10.9 Å². The first kappa shape index (κ1) is 17.2. The molecule has 2 N–H and O–H groups in total. The lowest BCUT2D eigenvalue weighted by Gasteiger charge is -2.33. The lowest BCUT2D eigenvalue weighted by molar-refractivity contribution is 0.197. The van der Waals surface area contributed by atoms with E-state index in [4.69, 9.17) is 0 Å². The Bertz CT molecular complexity index is 242. The summed E-state index contributed by atoms with van der Waals surface area (Å²) >= 11 is 0. The van der Waals surface area contributed by atoms with Gasteiger partial charge in [-0.3, -0.25) is 4.99 Å². The Morgan fingerprint density at radius 1 is 1.17 bits per heavy atom. The Labute approximate surface area is 113 Å². The molecule has 0 aliphatic carbocycles. The highest BCUT2D eigenvalue weighted by atomic mass is 15.2. The standard InChI is InChI=1S/C14H32N4/c1-8-12(9-2)10-16-13(15-5)17-11-14(3,4)18(6)7/h12H,8-11H2,1-7H3,(H2,15,16,17). The van der Waals surface area contributed by atoms with Gasteiger partial charge in [0.2, 0.25) is 0 Å². The van der Waals surface area contributed by atoms with E-state index in [9.17, 15) is 0 Å². The Hall–Kier alpha value is -0.770. The molecule has 0 aromatic heterocycles. The van der Waals surface area contributed by atoms with Crippen molar-refractivity contribution in [3.05, 3.63) is 0 Å². The van der Waals surface area contributed by atoms with Gasteiger partial charge in [0.05, 0.1) is 0 Å². The third-order valence-electron chi connectivity index (χ3n) is 3.84. The Morgan fingerprint density at radius 2 is 1.72 bits per heavy atom. The Kier molecular flexibility index (Phi) is 8.00. The van der Waals surface area contributed by atoms with Crippen LogP contribution in [0.1, 0.15) is 40.5 Å². The normalized spacial score (nSPS) is 13.3. The smallest absolute Gasteiger partial charge is 0.191 e. The molecule has 4 heteroatoms. The highest BCUT2D eigenvalue weighted by molar-refractivity contribution is 5.79. The van der Waals surface area contributed by atoms with E-state index in [-0.39, 0.29) is 5.54 Å². The van der Waals surface area contributed by atoms with E-state index in [1.165, 1.54) is 12.8 Å². The van der Waals surface area contributed by atoms with Gasteiger partial charge in [-0.15, -0.1) is 0 Å². The lowest BCUT2D eigenvalue weighted by Crippen LogP contribution is -2.51. The topological polar surface area (TPSA) is 39.7 Å². The molecule has 0 radical (unpaired) electrons. The van der Waals surface area contributed by atoms with Gasteiger partial charge in [0.25, 0.3) is 0 Å². The maximum Gasteiger partial charge on any atom is 0.191 e. The van der Waals surface area contributed by atoms with Crippen LogP contribution in [-0.4, -0.2) is 50.6 Å². The van der Waals surface area contributed by atoms with E-state index in [0.29, 0.717) is 0 Å². The number of nitrogens with one attached hydrogen (secondary N) is 2. The molecule has 0 fully saturated rings. The van der Waals surface area contributed by atoms with Crippen LogP contribution in [0.15, 0.2) is 4.99 Å². The first-order valence-electron chi connectivity index (χ1n) is 6.99. The Morgan fingerprint density at radius 3 is 2.11 bits per heavy atom. The molecule has 0 aliphatic heterocycles. The third kappa shape index (κ3) is 6.24. The number of guanidine groups is 1. The molecule has 18 heavy (non-hydrogen) atoms. The Balaban J connectivity index is 4.14. The maximum atomic E-state index is 4.27. The summed E-state index contributed by atoms with van der Waals surface area (Å²) in [6, 6.07) is 0. The molecule has 108 valence electrons. The number of hydrogen-bond acceptors (Lipinski definition) is 2. The largest absolute Gasteiger partial charge is 0.356 e. The third-order valence-corrected chi connectivity index (χ3v) is 3.84. The molecular formula is C14H32N4. The molecule has 0 bridgehead atoms. The fraction of sp³-hybridized carbons (Fsp3) is 0.929. The summed E-state index contributed by atoms with van der Waals surface area (Å²) in [4.78, 5) is 6.48. The first-order valence-corrected chi connectivity index (χ1v) is 6.99. The van der Waals surface area contributed by atoms with Crippen LogP contribution >= 0.6 is 0 Å². The van der Waals surface area contributed by atoms with Crippen molar-refractivity contribution in [2.75, 3.05) is 34.2 Å². The summed E-state index contributed by atoms with van der Waals surface area (Å²) in [6.07, 6.45) is 2.42. The zero-order valence-electron chi connectivity index (χ0n) is 13.3. The minimum Gasteiger partial charge on any atom is -0.356 e. The minimum absolute atomic E-state index is 0.118. The van der Waals surface area contributed by atoms with Crippen LogP contribution in [0, 0.1) is 5.92 Å². The summed E-state index contributed by atoms with van der Waals surface area (Å²) in [7, 11) is 6.02. The fourth-order valence-corrected chi connectivity index (χ4v) is 1.50. The predicted molar refractivity (Wildman–Crippen MR) is 81.2 cm³/mol. The first-order chi connectivity index (χ1) is 8.37. The molecule has 0 aromatic rings. The molecule has 0 rings (SSSR count). The summed E-state index contributed by atoms with van der Waals surface area (Å²) in [6.45, 7) is 10.8. The number of nitrogens with zero attached hydrogens (tertiary/aromatic N) is 2. The van der Waals surface area contributed by atoms with E-state index >= 15 is 0 Å². The van der Waals surface area contributed by atoms with Crippen molar-refractivity contribution in [1.29, 1.82) is 0 Å². The zero-order chi connectivity index (χ0) is 14.2. The average Bonchev–Trinajstić information content (AvgIpc) is 2.33. The summed E-state index contributed by atoms with van der Waals surface area (Å²) in [5, 5.41) is 6.80. The number of rotatable bonds is 7. The quantitative estimate of drug-likeness (QED) is 0.540. The van der Waals surface area contributed by atoms with Gasteiger partial charge in [-0.1, -0.05) is 26.7 Å². The number of likely N-dealkylation sites (N-methyl/N-ethyl adjacent to an activating group) is 1. The zero-order valence-corrected chi connectivity index (χ0v) is 13.3. The monoisotopic (exact) mass is 256 g/mol. The average molecular weight is 256 g/mol. The van der Waals surface area contributed by atoms with Crippen LogP contribution < -0.4 is 10.6 Å². The maximum absolute atomic E-state index is 4.27. The van der Waals surface area contributed by atoms with E-state index in [1.807, 2.05) is 7.05 Å². The number of hydrogen-bond donors (Lipinski definition) is 2. The van der Waals surface area contributed by atoms with Crippen LogP contribution in [0.5, 0.6) is 0 Å². The molecule has 0 heterocycles. The van der Waals surface area contributed by atoms with E-state index in [0.717, 1.165) is 25.0 Å². The van der Waals surface area contributed by atoms with Gasteiger partial charge in [-0.05, 0) is 33.9 Å². The second kappa shape index (κ2) is 8.35. The van der Waals surface area contributed by atoms with Crippen LogP contribution in [0.3, 0.4) is 0 Å². The molecule has 0 atom stereocenters. The van der Waals surface area contributed by atoms with Crippen molar-refractivity contribution >= 4 is 5.96 Å². The van der Waals surface area contributed by atoms with Crippen molar-refractivity contribution < 1.29 is 0 Å². The lowest BCUT2D eigenvalue weighted by atomic mass is 10.0. The molecule has 0 spiro atoms. The molecule has 0 saturated heterocycles. The van der Waals surface area contributed by atoms with Gasteiger partial charge in [-0.2, -0.15) is 0 Å². The summed E-state index contributed by atoms with van der Waals surface area (Å²) in [5.74, 6) is 1.63. The van der Waals surface area contributed by atoms with E-state index < -0.39 is 0 Å². The molecule has 0 aliphatic rings. The summed E-state index contributed by atoms with van der Waals surface area (Å²) < 4.78 is 0. The fourth-order valence-electron chi connectivity index (χ4n) is 1.50. The van der Waals surface area contributed by atoms with Crippen molar-refractivity contribution in [2.45, 2.75) is 46.1 Å². The van der Waals surface area contributed by atoms with Crippen LogP contribution in [0.4, 0.5) is 0 Å². The highest BCUT2D eigenvalue weighted by Crippen LogP contribution is 2.08. The van der Waals surface area contributed by atoms with Crippen LogP contribution in [0.25, 0.3) is 0 Å². The SMILES string of the molecule is CCC(CC)CNC(=NC)NCC(C)(C)N(C)C. The van der Waals surface area contributed by atoms with Gasteiger partial charge < -0.3 is 15.5 Å². The van der Waals surface area contributed by atoms with E-state index in [2.05, 4.69) is 62.3 Å². The van der Waals surface area contributed by atoms with Gasteiger partial charge in [0.1, 0.15) is 0 Å².